The van der Waals surface area contributed by atoms with E-state index < -0.39 is 0 Å². The Bertz CT molecular complexity index is 2270. The van der Waals surface area contributed by atoms with E-state index in [1.807, 2.05) is 66.8 Å². The number of nitrogens with zero attached hydrogens (tertiary/aromatic N) is 2. The molecule has 2 N–H and O–H groups in total. The molecule has 5 aromatic rings. The Morgan fingerprint density at radius 1 is 0.766 bits per heavy atom. The molecule has 0 unspecified atom stereocenters. The first-order valence-corrected chi connectivity index (χ1v) is 16.1. The molecule has 0 saturated heterocycles. The van der Waals surface area contributed by atoms with Gasteiger partial charge in [0, 0.05) is 50.9 Å². The number of nitrogens with one attached hydrogen (secondary N) is 2. The minimum Gasteiger partial charge on any atom is -0.355 e. The second kappa shape index (κ2) is 12.0. The van der Waals surface area contributed by atoms with Crippen molar-refractivity contribution in [2.45, 2.75) is 46.5 Å². The Labute approximate surface area is 275 Å². The summed E-state index contributed by atoms with van der Waals surface area (Å²) in [5, 5.41) is 0. The number of aromatic amines is 2. The van der Waals surface area contributed by atoms with Gasteiger partial charge < -0.3 is 9.97 Å². The Morgan fingerprint density at radius 2 is 1.51 bits per heavy atom. The van der Waals surface area contributed by atoms with Gasteiger partial charge in [-0.2, -0.15) is 0 Å². The van der Waals surface area contributed by atoms with E-state index in [-0.39, 0.29) is 11.2 Å². The summed E-state index contributed by atoms with van der Waals surface area (Å²) in [7, 11) is 0. The van der Waals surface area contributed by atoms with Crippen LogP contribution in [0.5, 0.6) is 0 Å². The molecule has 5 heteroatoms. The molecule has 5 heterocycles. The molecule has 5 nitrogen and oxygen atoms in total. The molecule has 2 aliphatic heterocycles. The number of fused-ring (bicyclic) bond motifs is 8. The van der Waals surface area contributed by atoms with Gasteiger partial charge in [0.05, 0.1) is 16.9 Å². The monoisotopic (exact) mass is 614 g/mol. The molecule has 0 atom stereocenters. The van der Waals surface area contributed by atoms with Gasteiger partial charge in [0.15, 0.2) is 5.78 Å². The molecule has 0 aliphatic carbocycles. The molecular formula is C42H38N4O. The predicted molar refractivity (Wildman–Crippen MR) is 195 cm³/mol. The van der Waals surface area contributed by atoms with E-state index in [1.165, 1.54) is 5.56 Å². The van der Waals surface area contributed by atoms with E-state index in [2.05, 4.69) is 87.1 Å². The van der Waals surface area contributed by atoms with Gasteiger partial charge in [0.25, 0.3) is 0 Å². The zero-order chi connectivity index (χ0) is 32.7. The van der Waals surface area contributed by atoms with Crippen molar-refractivity contribution in [2.75, 3.05) is 0 Å². The molecule has 3 aromatic heterocycles. The van der Waals surface area contributed by atoms with Crippen LogP contribution in [0.2, 0.25) is 0 Å². The maximum absolute atomic E-state index is 13.9. The van der Waals surface area contributed by atoms with Crippen LogP contribution in [-0.4, -0.2) is 25.7 Å². The summed E-state index contributed by atoms with van der Waals surface area (Å²) >= 11 is 0. The van der Waals surface area contributed by atoms with Crippen LogP contribution >= 0.6 is 0 Å². The quantitative estimate of drug-likeness (QED) is 0.115. The van der Waals surface area contributed by atoms with Crippen LogP contribution in [0, 0.1) is 20.8 Å². The SMILES string of the molecule is Cc1cc(C)c(-c2c3nc(cc4ccc(cc5nc(cc6[nH]c2cc6C(=O)/C=C/C=C/c2ccccc2)CC5(C)C)[nH]4)C=C3)c(C)c1. The van der Waals surface area contributed by atoms with Crippen molar-refractivity contribution in [3.05, 3.63) is 148 Å². The fraction of sp³-hybridized carbons (Fsp3) is 0.167. The van der Waals surface area contributed by atoms with Crippen LogP contribution in [0.25, 0.3) is 51.4 Å². The second-order valence-corrected chi connectivity index (χ2v) is 13.3. The van der Waals surface area contributed by atoms with E-state index in [1.54, 1.807) is 6.08 Å². The molecule has 0 spiro atoms. The van der Waals surface area contributed by atoms with Crippen LogP contribution in [0.1, 0.15) is 69.2 Å². The van der Waals surface area contributed by atoms with Crippen molar-refractivity contribution >= 4 is 46.1 Å². The molecule has 0 radical (unpaired) electrons. The lowest BCUT2D eigenvalue weighted by Crippen LogP contribution is -2.14. The number of hydrogen-bond acceptors (Lipinski definition) is 3. The van der Waals surface area contributed by atoms with E-state index in [0.29, 0.717) is 5.56 Å². The molecule has 0 fully saturated rings. The Morgan fingerprint density at radius 3 is 2.28 bits per heavy atom. The van der Waals surface area contributed by atoms with E-state index >= 15 is 0 Å². The number of aromatic nitrogens is 4. The summed E-state index contributed by atoms with van der Waals surface area (Å²) in [6.45, 7) is 10.8. The minimum atomic E-state index is -0.161. The molecular weight excluding hydrogens is 576 g/mol. The number of aryl methyl sites for hydroxylation is 3. The van der Waals surface area contributed by atoms with Crippen molar-refractivity contribution in [1.29, 1.82) is 0 Å². The van der Waals surface area contributed by atoms with E-state index in [4.69, 9.17) is 9.97 Å². The minimum absolute atomic E-state index is 0.0807. The number of hydrogen-bond donors (Lipinski definition) is 2. The van der Waals surface area contributed by atoms with Crippen molar-refractivity contribution in [1.82, 2.24) is 19.9 Å². The summed E-state index contributed by atoms with van der Waals surface area (Å²) in [6, 6.07) is 26.8. The first-order valence-electron chi connectivity index (χ1n) is 16.1. The second-order valence-electron chi connectivity index (χ2n) is 13.3. The number of carbonyl (C=O) groups is 1. The van der Waals surface area contributed by atoms with Gasteiger partial charge in [0.2, 0.25) is 0 Å². The zero-order valence-electron chi connectivity index (χ0n) is 27.5. The number of ketones is 1. The number of H-pyrrole nitrogens is 2. The summed E-state index contributed by atoms with van der Waals surface area (Å²) in [5.74, 6) is -0.0807. The highest BCUT2D eigenvalue weighted by atomic mass is 16.1. The van der Waals surface area contributed by atoms with Gasteiger partial charge in [-0.25, -0.2) is 4.98 Å². The van der Waals surface area contributed by atoms with Crippen LogP contribution in [-0.2, 0) is 11.8 Å². The predicted octanol–water partition coefficient (Wildman–Crippen LogP) is 10.1. The van der Waals surface area contributed by atoms with Crippen LogP contribution in [0.15, 0.2) is 97.1 Å². The Balaban J connectivity index is 1.51. The van der Waals surface area contributed by atoms with Crippen LogP contribution < -0.4 is 0 Å². The number of benzene rings is 2. The lowest BCUT2D eigenvalue weighted by atomic mass is 9.87. The first kappa shape index (κ1) is 30.1. The maximum Gasteiger partial charge on any atom is 0.187 e. The molecule has 0 amide bonds. The van der Waals surface area contributed by atoms with Gasteiger partial charge in [-0.15, -0.1) is 0 Å². The number of carbonyl (C=O) groups excluding carboxylic acids is 1. The molecule has 232 valence electrons. The van der Waals surface area contributed by atoms with Crippen molar-refractivity contribution in [2.24, 2.45) is 0 Å². The average molecular weight is 615 g/mol. The van der Waals surface area contributed by atoms with Gasteiger partial charge >= 0.3 is 0 Å². The molecule has 2 aromatic carbocycles. The summed E-state index contributed by atoms with van der Waals surface area (Å²) in [4.78, 5) is 31.3. The summed E-state index contributed by atoms with van der Waals surface area (Å²) in [6.07, 6.45) is 12.2. The third-order valence-electron chi connectivity index (χ3n) is 8.89. The normalized spacial score (nSPS) is 14.0. The summed E-state index contributed by atoms with van der Waals surface area (Å²) < 4.78 is 0. The van der Waals surface area contributed by atoms with Crippen LogP contribution in [0.3, 0.4) is 0 Å². The molecule has 7 rings (SSSR count). The van der Waals surface area contributed by atoms with E-state index in [0.717, 1.165) is 79.1 Å². The first-order chi connectivity index (χ1) is 22.6. The average Bonchev–Trinajstić information content (AvgIpc) is 3.81. The Kier molecular flexibility index (Phi) is 7.69. The Hall–Kier alpha value is -5.55. The maximum atomic E-state index is 13.9. The highest BCUT2D eigenvalue weighted by Crippen LogP contribution is 2.37. The van der Waals surface area contributed by atoms with Crippen molar-refractivity contribution < 1.29 is 4.79 Å². The third kappa shape index (κ3) is 6.17. The van der Waals surface area contributed by atoms with Gasteiger partial charge in [-0.05, 0) is 97.7 Å². The topological polar surface area (TPSA) is 74.4 Å². The highest BCUT2D eigenvalue weighted by Gasteiger charge is 2.28. The van der Waals surface area contributed by atoms with Crippen molar-refractivity contribution in [3.63, 3.8) is 0 Å². The summed E-state index contributed by atoms with van der Waals surface area (Å²) in [5.41, 5.74) is 14.3. The van der Waals surface area contributed by atoms with Crippen molar-refractivity contribution in [3.8, 4) is 11.1 Å². The number of allylic oxidation sites excluding steroid dienone is 3. The van der Waals surface area contributed by atoms with E-state index in [9.17, 15) is 4.79 Å². The molecule has 0 saturated carbocycles. The zero-order valence-corrected chi connectivity index (χ0v) is 27.5. The fourth-order valence-electron chi connectivity index (χ4n) is 6.73. The van der Waals surface area contributed by atoms with Gasteiger partial charge in [-0.3, -0.25) is 9.78 Å². The third-order valence-corrected chi connectivity index (χ3v) is 8.89. The highest BCUT2D eigenvalue weighted by molar-refractivity contribution is 6.12. The molecule has 8 bridgehead atoms. The fourth-order valence-corrected chi connectivity index (χ4v) is 6.73. The molecule has 47 heavy (non-hydrogen) atoms. The largest absolute Gasteiger partial charge is 0.355 e. The lowest BCUT2D eigenvalue weighted by molar-refractivity contribution is 0.104. The standard InChI is InChI=1S/C42H38N4O/c1-26-19-27(2)40(28(3)20-26)41-35-18-17-31(44-35)21-30-15-16-32(43-30)23-39-42(4,5)25-33(45-39)22-36-34(24-37(41)46-36)38(47)14-10-9-13-29-11-7-6-8-12-29/h6-24,43,46H,25H2,1-5H3/b13-9+,14-10+,30-21?,31-21?,32-23?,33-22?,36-22?,39-23?,41-35?,41-37?. The number of rotatable bonds is 5. The smallest absolute Gasteiger partial charge is 0.187 e. The van der Waals surface area contributed by atoms with Crippen LogP contribution in [0.4, 0.5) is 0 Å². The van der Waals surface area contributed by atoms with Gasteiger partial charge in [0.1, 0.15) is 0 Å². The van der Waals surface area contributed by atoms with Gasteiger partial charge in [-0.1, -0.05) is 80.1 Å². The lowest BCUT2D eigenvalue weighted by Gasteiger charge is -2.15. The molecule has 2 aliphatic rings.